The maximum Gasteiger partial charge on any atom is 0.153 e. The fraction of sp³-hybridized carbons (Fsp3) is 0.176. The lowest BCUT2D eigenvalue weighted by molar-refractivity contribution is 0.772. The number of rotatable bonds is 3. The smallest absolute Gasteiger partial charge is 0.153 e. The summed E-state index contributed by atoms with van der Waals surface area (Å²) in [4.78, 5) is 0. The Kier molecular flexibility index (Phi) is 3.55. The number of H-pyrrole nitrogens is 1. The van der Waals surface area contributed by atoms with Crippen molar-refractivity contribution in [3.8, 4) is 11.4 Å². The van der Waals surface area contributed by atoms with Crippen LogP contribution in [0.1, 0.15) is 23.6 Å². The third kappa shape index (κ3) is 2.53. The van der Waals surface area contributed by atoms with Crippen LogP contribution in [-0.2, 0) is 7.05 Å². The summed E-state index contributed by atoms with van der Waals surface area (Å²) in [6.45, 7) is 4.16. The number of hydrogen-bond donors (Lipinski definition) is 2. The molecule has 5 heteroatoms. The Hall–Kier alpha value is -2.82. The van der Waals surface area contributed by atoms with Crippen LogP contribution in [0.3, 0.4) is 0 Å². The summed E-state index contributed by atoms with van der Waals surface area (Å²) >= 11 is 0. The highest BCUT2D eigenvalue weighted by Crippen LogP contribution is 2.29. The zero-order chi connectivity index (χ0) is 15.7. The van der Waals surface area contributed by atoms with E-state index in [0.717, 1.165) is 22.5 Å². The van der Waals surface area contributed by atoms with E-state index in [2.05, 4.69) is 59.5 Å². The fourth-order valence-electron chi connectivity index (χ4n) is 2.52. The second-order valence-corrected chi connectivity index (χ2v) is 5.43. The standard InChI is InChI=1S/C17H19N5/c1-11-5-4-6-13(9-11)12(2)10-14-16(20-21-17(14)18)15-7-8-19-22(15)3/h4-10H,1-3H3,(H3,18,20,21)/b12-10+. The molecule has 0 spiro atoms. The van der Waals surface area contributed by atoms with Crippen molar-refractivity contribution in [1.82, 2.24) is 20.0 Å². The van der Waals surface area contributed by atoms with Gasteiger partial charge >= 0.3 is 0 Å². The first-order valence-corrected chi connectivity index (χ1v) is 7.14. The van der Waals surface area contributed by atoms with E-state index >= 15 is 0 Å². The minimum absolute atomic E-state index is 0.489. The molecule has 0 fully saturated rings. The molecule has 1 aromatic carbocycles. The van der Waals surface area contributed by atoms with Crippen molar-refractivity contribution in [2.45, 2.75) is 13.8 Å². The van der Waals surface area contributed by atoms with Gasteiger partial charge in [-0.1, -0.05) is 29.8 Å². The van der Waals surface area contributed by atoms with Crippen molar-refractivity contribution in [1.29, 1.82) is 0 Å². The third-order valence-electron chi connectivity index (χ3n) is 3.74. The van der Waals surface area contributed by atoms with E-state index in [9.17, 15) is 0 Å². The van der Waals surface area contributed by atoms with Gasteiger partial charge in [-0.05, 0) is 37.1 Å². The molecule has 2 aromatic heterocycles. The Morgan fingerprint density at radius 2 is 2.14 bits per heavy atom. The zero-order valence-electron chi connectivity index (χ0n) is 13.0. The lowest BCUT2D eigenvalue weighted by atomic mass is 10.0. The number of aromatic amines is 1. The Labute approximate surface area is 129 Å². The van der Waals surface area contributed by atoms with Gasteiger partial charge in [0.25, 0.3) is 0 Å². The number of benzene rings is 1. The molecule has 2 heterocycles. The SMILES string of the molecule is C/C(=C\c1c(N)n[nH]c1-c1ccnn1C)c1cccc(C)c1. The maximum absolute atomic E-state index is 6.04. The van der Waals surface area contributed by atoms with Crippen LogP contribution in [0, 0.1) is 6.92 Å². The van der Waals surface area contributed by atoms with Crippen molar-refractivity contribution in [2.75, 3.05) is 5.73 Å². The molecule has 112 valence electrons. The van der Waals surface area contributed by atoms with E-state index in [1.165, 1.54) is 11.1 Å². The van der Waals surface area contributed by atoms with Crippen LogP contribution in [0.15, 0.2) is 36.5 Å². The van der Waals surface area contributed by atoms with Gasteiger partial charge in [0, 0.05) is 18.8 Å². The van der Waals surface area contributed by atoms with Crippen molar-refractivity contribution < 1.29 is 0 Å². The molecule has 3 aromatic rings. The Balaban J connectivity index is 2.08. The van der Waals surface area contributed by atoms with Crippen LogP contribution in [0.25, 0.3) is 23.0 Å². The summed E-state index contributed by atoms with van der Waals surface area (Å²) in [6.07, 6.45) is 3.82. The molecule has 0 saturated heterocycles. The zero-order valence-corrected chi connectivity index (χ0v) is 13.0. The number of allylic oxidation sites excluding steroid dienone is 1. The molecule has 0 saturated carbocycles. The van der Waals surface area contributed by atoms with Gasteiger partial charge in [-0.2, -0.15) is 10.2 Å². The van der Waals surface area contributed by atoms with Crippen molar-refractivity contribution >= 4 is 17.5 Å². The van der Waals surface area contributed by atoms with Gasteiger partial charge < -0.3 is 5.73 Å². The number of nitrogens with two attached hydrogens (primary N) is 1. The lowest BCUT2D eigenvalue weighted by Crippen LogP contribution is -1.95. The third-order valence-corrected chi connectivity index (χ3v) is 3.74. The average molecular weight is 293 g/mol. The normalized spacial score (nSPS) is 11.9. The summed E-state index contributed by atoms with van der Waals surface area (Å²) in [6, 6.07) is 10.3. The van der Waals surface area contributed by atoms with E-state index in [4.69, 9.17) is 5.73 Å². The number of hydrogen-bond acceptors (Lipinski definition) is 3. The molecule has 0 aliphatic heterocycles. The summed E-state index contributed by atoms with van der Waals surface area (Å²) in [5.74, 6) is 0.489. The Morgan fingerprint density at radius 1 is 1.32 bits per heavy atom. The minimum Gasteiger partial charge on any atom is -0.382 e. The highest BCUT2D eigenvalue weighted by Gasteiger charge is 2.14. The number of nitrogens with one attached hydrogen (secondary N) is 1. The quantitative estimate of drug-likeness (QED) is 0.778. The second kappa shape index (κ2) is 5.52. The molecule has 3 rings (SSSR count). The van der Waals surface area contributed by atoms with Gasteiger partial charge in [-0.25, -0.2) is 0 Å². The largest absolute Gasteiger partial charge is 0.382 e. The molecule has 0 bridgehead atoms. The van der Waals surface area contributed by atoms with Gasteiger partial charge in [0.1, 0.15) is 0 Å². The van der Waals surface area contributed by atoms with Crippen molar-refractivity contribution in [3.05, 3.63) is 53.2 Å². The molecule has 0 radical (unpaired) electrons. The highest BCUT2D eigenvalue weighted by atomic mass is 15.3. The topological polar surface area (TPSA) is 72.5 Å². The number of aromatic nitrogens is 4. The summed E-state index contributed by atoms with van der Waals surface area (Å²) < 4.78 is 1.80. The first kappa shape index (κ1) is 14.1. The molecule has 0 amide bonds. The lowest BCUT2D eigenvalue weighted by Gasteiger charge is -2.05. The fourth-order valence-corrected chi connectivity index (χ4v) is 2.52. The summed E-state index contributed by atoms with van der Waals surface area (Å²) in [5, 5.41) is 11.3. The van der Waals surface area contributed by atoms with Gasteiger partial charge in [0.15, 0.2) is 5.82 Å². The van der Waals surface area contributed by atoms with Gasteiger partial charge in [-0.15, -0.1) is 0 Å². The monoisotopic (exact) mass is 293 g/mol. The van der Waals surface area contributed by atoms with Crippen LogP contribution in [-0.4, -0.2) is 20.0 Å². The number of aryl methyl sites for hydroxylation is 2. The number of nitrogen functional groups attached to an aromatic ring is 1. The Bertz CT molecular complexity index is 838. The van der Waals surface area contributed by atoms with Gasteiger partial charge in [-0.3, -0.25) is 9.78 Å². The molecular weight excluding hydrogens is 274 g/mol. The summed E-state index contributed by atoms with van der Waals surface area (Å²) in [5.41, 5.74) is 12.3. The molecule has 0 aliphatic rings. The molecular formula is C17H19N5. The van der Waals surface area contributed by atoms with Crippen LogP contribution in [0.5, 0.6) is 0 Å². The molecule has 5 nitrogen and oxygen atoms in total. The van der Waals surface area contributed by atoms with Crippen LogP contribution >= 0.6 is 0 Å². The first-order chi connectivity index (χ1) is 10.6. The van der Waals surface area contributed by atoms with Crippen molar-refractivity contribution in [2.24, 2.45) is 7.05 Å². The number of nitrogens with zero attached hydrogens (tertiary/aromatic N) is 3. The van der Waals surface area contributed by atoms with E-state index in [0.29, 0.717) is 5.82 Å². The van der Waals surface area contributed by atoms with E-state index < -0.39 is 0 Å². The predicted molar refractivity (Wildman–Crippen MR) is 89.9 cm³/mol. The number of anilines is 1. The minimum atomic E-state index is 0.489. The first-order valence-electron chi connectivity index (χ1n) is 7.14. The molecule has 22 heavy (non-hydrogen) atoms. The Morgan fingerprint density at radius 3 is 2.82 bits per heavy atom. The van der Waals surface area contributed by atoms with Crippen LogP contribution in [0.2, 0.25) is 0 Å². The second-order valence-electron chi connectivity index (χ2n) is 5.43. The summed E-state index contributed by atoms with van der Waals surface area (Å²) in [7, 11) is 1.90. The predicted octanol–water partition coefficient (Wildman–Crippen LogP) is 3.26. The molecule has 3 N–H and O–H groups in total. The maximum atomic E-state index is 6.04. The van der Waals surface area contributed by atoms with E-state index in [1.807, 2.05) is 13.1 Å². The van der Waals surface area contributed by atoms with Crippen LogP contribution < -0.4 is 5.73 Å². The van der Waals surface area contributed by atoms with Gasteiger partial charge in [0.2, 0.25) is 0 Å². The van der Waals surface area contributed by atoms with Crippen molar-refractivity contribution in [3.63, 3.8) is 0 Å². The highest BCUT2D eigenvalue weighted by molar-refractivity contribution is 5.88. The van der Waals surface area contributed by atoms with Crippen LogP contribution in [0.4, 0.5) is 5.82 Å². The molecule has 0 aliphatic carbocycles. The van der Waals surface area contributed by atoms with Gasteiger partial charge in [0.05, 0.1) is 11.4 Å². The average Bonchev–Trinajstić information content (AvgIpc) is 3.06. The van der Waals surface area contributed by atoms with E-state index in [1.54, 1.807) is 10.9 Å². The molecule has 0 atom stereocenters. The van der Waals surface area contributed by atoms with E-state index in [-0.39, 0.29) is 0 Å². The molecule has 0 unspecified atom stereocenters.